The molecule has 2 aromatic rings. The molecule has 1 aliphatic heterocycles. The Bertz CT molecular complexity index is 1270. The Balaban J connectivity index is 1.76. The molecular weight excluding hydrogens is 523 g/mol. The molecule has 1 fully saturated rings. The Labute approximate surface area is 222 Å². The maximum absolute atomic E-state index is 14.1. The zero-order valence-electron chi connectivity index (χ0n) is 20.5. The van der Waals surface area contributed by atoms with Crippen molar-refractivity contribution in [2.45, 2.75) is 25.8 Å². The summed E-state index contributed by atoms with van der Waals surface area (Å²) in [6, 6.07) is 5.56. The van der Waals surface area contributed by atoms with Gasteiger partial charge in [0.25, 0.3) is 0 Å². The molecule has 13 heteroatoms. The Morgan fingerprint density at radius 2 is 1.97 bits per heavy atom. The first-order valence-electron chi connectivity index (χ1n) is 11.6. The number of hydrogen-bond acceptors (Lipinski definition) is 6. The SMILES string of the molecule is CC[C@@H](NC(=O)N1CC(=O)NCC(Cc2cc(Cl)ccc2OC)C1=O)C(=O)Nc1cc(C(=O)O)ccc1F. The van der Waals surface area contributed by atoms with Gasteiger partial charge in [-0.2, -0.15) is 0 Å². The quantitative estimate of drug-likeness (QED) is 0.395. The summed E-state index contributed by atoms with van der Waals surface area (Å²) >= 11 is 6.08. The van der Waals surface area contributed by atoms with E-state index in [1.807, 2.05) is 0 Å². The van der Waals surface area contributed by atoms with Crippen molar-refractivity contribution in [1.82, 2.24) is 15.5 Å². The number of imide groups is 1. The number of rotatable bonds is 8. The van der Waals surface area contributed by atoms with Gasteiger partial charge in [-0.1, -0.05) is 18.5 Å². The highest BCUT2D eigenvalue weighted by atomic mass is 35.5. The van der Waals surface area contributed by atoms with Crippen LogP contribution in [-0.2, 0) is 20.8 Å². The summed E-state index contributed by atoms with van der Waals surface area (Å²) in [6.45, 7) is 0.967. The van der Waals surface area contributed by atoms with Crippen molar-refractivity contribution in [1.29, 1.82) is 0 Å². The zero-order valence-corrected chi connectivity index (χ0v) is 21.3. The Morgan fingerprint density at radius 1 is 1.24 bits per heavy atom. The van der Waals surface area contributed by atoms with Crippen LogP contribution in [0.2, 0.25) is 5.02 Å². The van der Waals surface area contributed by atoms with Crippen molar-refractivity contribution >= 4 is 47.0 Å². The van der Waals surface area contributed by atoms with Gasteiger partial charge in [-0.05, 0) is 54.8 Å². The van der Waals surface area contributed by atoms with Crippen LogP contribution >= 0.6 is 11.6 Å². The van der Waals surface area contributed by atoms with Crippen LogP contribution < -0.4 is 20.7 Å². The molecule has 4 N–H and O–H groups in total. The third-order valence-corrected chi connectivity index (χ3v) is 6.15. The molecule has 2 atom stereocenters. The maximum Gasteiger partial charge on any atom is 0.335 e. The van der Waals surface area contributed by atoms with Gasteiger partial charge in [-0.3, -0.25) is 19.3 Å². The molecule has 0 aliphatic carbocycles. The molecule has 1 heterocycles. The van der Waals surface area contributed by atoms with Gasteiger partial charge in [-0.15, -0.1) is 0 Å². The van der Waals surface area contributed by atoms with E-state index in [0.717, 1.165) is 18.2 Å². The average molecular weight is 549 g/mol. The van der Waals surface area contributed by atoms with E-state index >= 15 is 0 Å². The maximum atomic E-state index is 14.1. The van der Waals surface area contributed by atoms with Crippen LogP contribution in [0.1, 0.15) is 29.3 Å². The number of anilines is 1. The van der Waals surface area contributed by atoms with Crippen LogP contribution in [0.4, 0.5) is 14.9 Å². The molecular formula is C25H26ClFN4O7. The first kappa shape index (κ1) is 28.4. The number of carboxylic acids is 1. The molecule has 0 radical (unpaired) electrons. The zero-order chi connectivity index (χ0) is 28.0. The van der Waals surface area contributed by atoms with Crippen molar-refractivity contribution in [3.05, 3.63) is 58.4 Å². The minimum Gasteiger partial charge on any atom is -0.496 e. The van der Waals surface area contributed by atoms with Gasteiger partial charge >= 0.3 is 12.0 Å². The lowest BCUT2D eigenvalue weighted by Gasteiger charge is -2.25. The summed E-state index contributed by atoms with van der Waals surface area (Å²) < 4.78 is 19.5. The second-order valence-corrected chi connectivity index (χ2v) is 8.92. The second-order valence-electron chi connectivity index (χ2n) is 8.49. The molecule has 1 aliphatic rings. The molecule has 2 aromatic carbocycles. The second kappa shape index (κ2) is 12.4. The lowest BCUT2D eigenvalue weighted by molar-refractivity contribution is -0.133. The van der Waals surface area contributed by atoms with Crippen LogP contribution in [0, 0.1) is 11.7 Å². The number of benzene rings is 2. The summed E-state index contributed by atoms with van der Waals surface area (Å²) in [5, 5.41) is 16.8. The molecule has 0 bridgehead atoms. The largest absolute Gasteiger partial charge is 0.496 e. The summed E-state index contributed by atoms with van der Waals surface area (Å²) in [4.78, 5) is 63.3. The molecule has 202 valence electrons. The van der Waals surface area contributed by atoms with Gasteiger partial charge in [0.05, 0.1) is 24.3 Å². The van der Waals surface area contributed by atoms with Crippen molar-refractivity contribution < 1.29 is 38.2 Å². The molecule has 0 spiro atoms. The number of nitrogens with zero attached hydrogens (tertiary/aromatic N) is 1. The monoisotopic (exact) mass is 548 g/mol. The van der Waals surface area contributed by atoms with E-state index in [9.17, 15) is 28.4 Å². The van der Waals surface area contributed by atoms with E-state index < -0.39 is 54.0 Å². The third-order valence-electron chi connectivity index (χ3n) is 5.91. The number of carboxylic acid groups (broad SMARTS) is 1. The predicted molar refractivity (Wildman–Crippen MR) is 135 cm³/mol. The Kier molecular flexibility index (Phi) is 9.24. The highest BCUT2D eigenvalue weighted by Gasteiger charge is 2.35. The molecule has 1 saturated heterocycles. The normalized spacial score (nSPS) is 16.2. The topological polar surface area (TPSA) is 154 Å². The minimum atomic E-state index is -1.32. The van der Waals surface area contributed by atoms with Crippen LogP contribution in [0.15, 0.2) is 36.4 Å². The number of methoxy groups -OCH3 is 1. The summed E-state index contributed by atoms with van der Waals surface area (Å²) in [5.41, 5.74) is -0.0306. The molecule has 5 amide bonds. The van der Waals surface area contributed by atoms with Gasteiger partial charge in [0.1, 0.15) is 24.2 Å². The molecule has 1 unspecified atom stereocenters. The van der Waals surface area contributed by atoms with Gasteiger partial charge < -0.3 is 25.8 Å². The fraction of sp³-hybridized carbons (Fsp3) is 0.320. The van der Waals surface area contributed by atoms with Crippen LogP contribution in [-0.4, -0.2) is 66.0 Å². The Morgan fingerprint density at radius 3 is 2.63 bits per heavy atom. The number of carbonyl (C=O) groups excluding carboxylic acids is 4. The van der Waals surface area contributed by atoms with Gasteiger partial charge in [-0.25, -0.2) is 14.0 Å². The molecule has 11 nitrogen and oxygen atoms in total. The number of amides is 5. The fourth-order valence-electron chi connectivity index (χ4n) is 3.88. The molecule has 0 aromatic heterocycles. The fourth-order valence-corrected chi connectivity index (χ4v) is 4.07. The number of halogens is 2. The number of ether oxygens (including phenoxy) is 1. The summed E-state index contributed by atoms with van der Waals surface area (Å²) in [7, 11) is 1.46. The first-order valence-corrected chi connectivity index (χ1v) is 12.0. The lowest BCUT2D eigenvalue weighted by Crippen LogP contribution is -2.53. The number of hydrogen-bond donors (Lipinski definition) is 4. The summed E-state index contributed by atoms with van der Waals surface area (Å²) in [5.74, 6) is -4.60. The van der Waals surface area contributed by atoms with E-state index in [2.05, 4.69) is 16.0 Å². The smallest absolute Gasteiger partial charge is 0.335 e. The number of nitrogens with one attached hydrogen (secondary N) is 3. The Hall–Kier alpha value is -4.19. The predicted octanol–water partition coefficient (Wildman–Crippen LogP) is 2.43. The van der Waals surface area contributed by atoms with E-state index in [-0.39, 0.29) is 30.6 Å². The van der Waals surface area contributed by atoms with Crippen molar-refractivity contribution in [2.75, 3.05) is 25.5 Å². The first-order chi connectivity index (χ1) is 18.0. The molecule has 38 heavy (non-hydrogen) atoms. The van der Waals surface area contributed by atoms with Crippen molar-refractivity contribution in [3.8, 4) is 5.75 Å². The summed E-state index contributed by atoms with van der Waals surface area (Å²) in [6.07, 6.45) is 0.165. The van der Waals surface area contributed by atoms with E-state index in [0.29, 0.717) is 21.2 Å². The lowest BCUT2D eigenvalue weighted by atomic mass is 9.97. The van der Waals surface area contributed by atoms with Gasteiger partial charge in [0, 0.05) is 11.6 Å². The van der Waals surface area contributed by atoms with Crippen molar-refractivity contribution in [2.24, 2.45) is 5.92 Å². The van der Waals surface area contributed by atoms with Crippen molar-refractivity contribution in [3.63, 3.8) is 0 Å². The van der Waals surface area contributed by atoms with E-state index in [4.69, 9.17) is 21.4 Å². The van der Waals surface area contributed by atoms with Gasteiger partial charge in [0.15, 0.2) is 0 Å². The van der Waals surface area contributed by atoms with Gasteiger partial charge in [0.2, 0.25) is 17.7 Å². The standard InChI is InChI=1S/C25H26ClFN4O7/c1-3-18(22(33)29-19-10-13(24(35)36)4-6-17(19)27)30-25(37)31-12-21(32)28-11-15(23(31)34)8-14-9-16(26)5-7-20(14)38-2/h4-7,9-10,15,18H,3,8,11-12H2,1-2H3,(H,28,32)(H,29,33)(H,30,37)(H,35,36)/t15?,18-/m1/s1. The number of aromatic carboxylic acids is 1. The average Bonchev–Trinajstić information content (AvgIpc) is 3.02. The molecule has 3 rings (SSSR count). The van der Waals surface area contributed by atoms with E-state index in [1.165, 1.54) is 7.11 Å². The highest BCUT2D eigenvalue weighted by Crippen LogP contribution is 2.26. The highest BCUT2D eigenvalue weighted by molar-refractivity contribution is 6.30. The number of carbonyl (C=O) groups is 5. The van der Waals surface area contributed by atoms with Crippen LogP contribution in [0.3, 0.4) is 0 Å². The van der Waals surface area contributed by atoms with Crippen LogP contribution in [0.25, 0.3) is 0 Å². The third kappa shape index (κ3) is 6.76. The number of urea groups is 1. The van der Waals surface area contributed by atoms with Crippen LogP contribution in [0.5, 0.6) is 5.75 Å². The van der Waals surface area contributed by atoms with E-state index in [1.54, 1.807) is 25.1 Å². The minimum absolute atomic E-state index is 0.0337. The molecule has 0 saturated carbocycles.